The number of hydrogen-bond acceptors (Lipinski definition) is 3. The normalized spacial score (nSPS) is 10.1. The third-order valence-electron chi connectivity index (χ3n) is 2.47. The Morgan fingerprint density at radius 1 is 1.28 bits per heavy atom. The van der Waals surface area contributed by atoms with E-state index in [1.807, 2.05) is 0 Å². The van der Waals surface area contributed by atoms with E-state index in [1.165, 1.54) is 13.4 Å². The van der Waals surface area contributed by atoms with Crippen molar-refractivity contribution in [1.29, 1.82) is 0 Å². The third kappa shape index (κ3) is 2.57. The highest BCUT2D eigenvalue weighted by Crippen LogP contribution is 2.22. The molecule has 0 aliphatic rings. The van der Waals surface area contributed by atoms with Crippen molar-refractivity contribution in [1.82, 2.24) is 9.97 Å². The van der Waals surface area contributed by atoms with Crippen LogP contribution in [-0.4, -0.2) is 28.2 Å². The first-order valence-electron chi connectivity index (χ1n) is 5.12. The van der Waals surface area contributed by atoms with Crippen LogP contribution < -0.4 is 4.90 Å². The number of aromatic nitrogens is 2. The van der Waals surface area contributed by atoms with Gasteiger partial charge in [-0.25, -0.2) is 14.8 Å². The molecule has 0 bridgehead atoms. The van der Waals surface area contributed by atoms with Crippen LogP contribution in [0.3, 0.4) is 0 Å². The van der Waals surface area contributed by atoms with Crippen molar-refractivity contribution in [3.8, 4) is 11.3 Å². The van der Waals surface area contributed by atoms with Crippen LogP contribution in [-0.2, 0) is 0 Å². The fourth-order valence-corrected chi connectivity index (χ4v) is 1.60. The number of halogens is 1. The van der Waals surface area contributed by atoms with E-state index < -0.39 is 6.09 Å². The van der Waals surface area contributed by atoms with Gasteiger partial charge in [0.15, 0.2) is 0 Å². The fraction of sp³-hybridized carbons (Fsp3) is 0.0833. The molecule has 0 unspecified atom stereocenters. The van der Waals surface area contributed by atoms with Crippen LogP contribution in [0.4, 0.5) is 10.5 Å². The van der Waals surface area contributed by atoms with Gasteiger partial charge in [0.05, 0.1) is 5.69 Å². The number of benzene rings is 1. The van der Waals surface area contributed by atoms with Gasteiger partial charge in [-0.2, -0.15) is 0 Å². The summed E-state index contributed by atoms with van der Waals surface area (Å²) in [5.41, 5.74) is 2.13. The van der Waals surface area contributed by atoms with Crippen LogP contribution in [0.1, 0.15) is 0 Å². The lowest BCUT2D eigenvalue weighted by atomic mass is 10.1. The first-order chi connectivity index (χ1) is 8.58. The van der Waals surface area contributed by atoms with E-state index in [4.69, 9.17) is 16.7 Å². The molecule has 0 aliphatic heterocycles. The van der Waals surface area contributed by atoms with Gasteiger partial charge >= 0.3 is 6.09 Å². The zero-order valence-corrected chi connectivity index (χ0v) is 10.3. The molecule has 0 aliphatic carbocycles. The molecule has 0 radical (unpaired) electrons. The number of anilines is 1. The van der Waals surface area contributed by atoms with Gasteiger partial charge in [0.1, 0.15) is 11.5 Å². The summed E-state index contributed by atoms with van der Waals surface area (Å²) in [6, 6.07) is 8.64. The smallest absolute Gasteiger partial charge is 0.411 e. The highest BCUT2D eigenvalue weighted by molar-refractivity contribution is 6.29. The summed E-state index contributed by atoms with van der Waals surface area (Å²) in [4.78, 5) is 19.8. The summed E-state index contributed by atoms with van der Waals surface area (Å²) in [7, 11) is 1.49. The van der Waals surface area contributed by atoms with E-state index in [2.05, 4.69) is 9.97 Å². The van der Waals surface area contributed by atoms with E-state index in [0.29, 0.717) is 16.5 Å². The molecule has 1 amide bonds. The second-order valence-corrected chi connectivity index (χ2v) is 4.00. The number of hydrogen-bond donors (Lipinski definition) is 1. The third-order valence-corrected chi connectivity index (χ3v) is 2.68. The standard InChI is InChI=1S/C12H10ClN3O2/c1-16(12(17)18)9-4-2-8(3-5-9)10-6-11(13)15-7-14-10/h2-7H,1H3,(H,17,18). The van der Waals surface area contributed by atoms with Crippen LogP contribution in [0.15, 0.2) is 36.7 Å². The molecule has 1 aromatic heterocycles. The van der Waals surface area contributed by atoms with Crippen molar-refractivity contribution >= 4 is 23.4 Å². The molecule has 18 heavy (non-hydrogen) atoms. The maximum absolute atomic E-state index is 10.8. The molecule has 1 aromatic carbocycles. The highest BCUT2D eigenvalue weighted by Gasteiger charge is 2.08. The second kappa shape index (κ2) is 5.01. The maximum atomic E-state index is 10.8. The Labute approximate surface area is 109 Å². The minimum atomic E-state index is -1.01. The average Bonchev–Trinajstić information content (AvgIpc) is 2.38. The van der Waals surface area contributed by atoms with Crippen molar-refractivity contribution in [2.24, 2.45) is 0 Å². The van der Waals surface area contributed by atoms with Crippen LogP contribution in [0.25, 0.3) is 11.3 Å². The number of nitrogens with zero attached hydrogens (tertiary/aromatic N) is 3. The molecule has 0 atom stereocenters. The summed E-state index contributed by atoms with van der Waals surface area (Å²) in [6.07, 6.45) is 0.377. The summed E-state index contributed by atoms with van der Waals surface area (Å²) < 4.78 is 0. The summed E-state index contributed by atoms with van der Waals surface area (Å²) in [6.45, 7) is 0. The van der Waals surface area contributed by atoms with E-state index in [0.717, 1.165) is 10.5 Å². The van der Waals surface area contributed by atoms with Crippen LogP contribution in [0, 0.1) is 0 Å². The molecule has 2 aromatic rings. The average molecular weight is 264 g/mol. The van der Waals surface area contributed by atoms with E-state index in [-0.39, 0.29) is 0 Å². The fourth-order valence-electron chi connectivity index (χ4n) is 1.46. The quantitative estimate of drug-likeness (QED) is 0.846. The maximum Gasteiger partial charge on any atom is 0.411 e. The molecule has 6 heteroatoms. The molecular weight excluding hydrogens is 254 g/mol. The monoisotopic (exact) mass is 263 g/mol. The first-order valence-corrected chi connectivity index (χ1v) is 5.50. The molecule has 0 saturated carbocycles. The van der Waals surface area contributed by atoms with Crippen molar-refractivity contribution in [2.75, 3.05) is 11.9 Å². The van der Waals surface area contributed by atoms with E-state index in [9.17, 15) is 4.79 Å². The van der Waals surface area contributed by atoms with Gasteiger partial charge < -0.3 is 5.11 Å². The van der Waals surface area contributed by atoms with Gasteiger partial charge in [-0.1, -0.05) is 23.7 Å². The van der Waals surface area contributed by atoms with Crippen molar-refractivity contribution < 1.29 is 9.90 Å². The Balaban J connectivity index is 2.30. The Hall–Kier alpha value is -2.14. The minimum Gasteiger partial charge on any atom is -0.465 e. The molecule has 5 nitrogen and oxygen atoms in total. The van der Waals surface area contributed by atoms with Gasteiger partial charge in [-0.3, -0.25) is 4.90 Å². The van der Waals surface area contributed by atoms with Gasteiger partial charge in [-0.15, -0.1) is 0 Å². The Morgan fingerprint density at radius 3 is 2.50 bits per heavy atom. The topological polar surface area (TPSA) is 66.3 Å². The van der Waals surface area contributed by atoms with Crippen LogP contribution >= 0.6 is 11.6 Å². The van der Waals surface area contributed by atoms with E-state index >= 15 is 0 Å². The SMILES string of the molecule is CN(C(=O)O)c1ccc(-c2cc(Cl)ncn2)cc1. The van der Waals surface area contributed by atoms with Crippen LogP contribution in [0.2, 0.25) is 5.15 Å². The zero-order valence-electron chi connectivity index (χ0n) is 9.54. The molecule has 1 heterocycles. The summed E-state index contributed by atoms with van der Waals surface area (Å²) in [5, 5.41) is 9.21. The van der Waals surface area contributed by atoms with Crippen molar-refractivity contribution in [2.45, 2.75) is 0 Å². The Bertz CT molecular complexity index is 572. The predicted octanol–water partition coefficient (Wildman–Crippen LogP) is 2.91. The number of amides is 1. The number of carbonyl (C=O) groups is 1. The lowest BCUT2D eigenvalue weighted by Crippen LogP contribution is -2.23. The lowest BCUT2D eigenvalue weighted by Gasteiger charge is -2.13. The van der Waals surface area contributed by atoms with Gasteiger partial charge in [-0.05, 0) is 12.1 Å². The van der Waals surface area contributed by atoms with Crippen molar-refractivity contribution in [3.63, 3.8) is 0 Å². The second-order valence-electron chi connectivity index (χ2n) is 3.61. The molecule has 92 valence electrons. The largest absolute Gasteiger partial charge is 0.465 e. The number of rotatable bonds is 2. The van der Waals surface area contributed by atoms with Gasteiger partial charge in [0.2, 0.25) is 0 Å². The van der Waals surface area contributed by atoms with Crippen LogP contribution in [0.5, 0.6) is 0 Å². The summed E-state index contributed by atoms with van der Waals surface area (Å²) >= 11 is 5.78. The first kappa shape index (κ1) is 12.3. The molecular formula is C12H10ClN3O2. The Kier molecular flexibility index (Phi) is 3.43. The van der Waals surface area contributed by atoms with Gasteiger partial charge in [0.25, 0.3) is 0 Å². The lowest BCUT2D eigenvalue weighted by molar-refractivity contribution is 0.203. The van der Waals surface area contributed by atoms with E-state index in [1.54, 1.807) is 30.3 Å². The molecule has 2 rings (SSSR count). The predicted molar refractivity (Wildman–Crippen MR) is 68.9 cm³/mol. The molecule has 1 N–H and O–H groups in total. The minimum absolute atomic E-state index is 0.367. The zero-order chi connectivity index (χ0) is 13.1. The molecule has 0 fully saturated rings. The van der Waals surface area contributed by atoms with Gasteiger partial charge in [0, 0.05) is 24.4 Å². The Morgan fingerprint density at radius 2 is 1.94 bits per heavy atom. The number of carboxylic acid groups (broad SMARTS) is 1. The molecule has 0 saturated heterocycles. The summed E-state index contributed by atoms with van der Waals surface area (Å²) in [5.74, 6) is 0. The highest BCUT2D eigenvalue weighted by atomic mass is 35.5. The molecule has 0 spiro atoms. The van der Waals surface area contributed by atoms with Crippen molar-refractivity contribution in [3.05, 3.63) is 41.8 Å².